The Morgan fingerprint density at radius 1 is 0.467 bits per heavy atom. The molecule has 0 N–H and O–H groups in total. The van der Waals surface area contributed by atoms with Crippen LogP contribution in [0.15, 0.2) is 0 Å². The van der Waals surface area contributed by atoms with Gasteiger partial charge in [-0.25, -0.2) is 0 Å². The molecule has 10 heteroatoms. The molecule has 0 saturated carbocycles. The standard InChI is InChI=1S/2C10H25NO3Si/c2*1-6-11(7-2)9-8-10-15(12-3,13-4)14-5/h2*6-10H2,1-5H3. The maximum Gasteiger partial charge on any atom is 0.500 e. The quantitative estimate of drug-likeness (QED) is 0.283. The minimum Gasteiger partial charge on any atom is -0.377 e. The molecule has 30 heavy (non-hydrogen) atoms. The summed E-state index contributed by atoms with van der Waals surface area (Å²) >= 11 is 0. The first-order chi connectivity index (χ1) is 14.3. The Balaban J connectivity index is 0. The van der Waals surface area contributed by atoms with Crippen molar-refractivity contribution in [2.45, 2.75) is 52.6 Å². The molecule has 0 aliphatic heterocycles. The Labute approximate surface area is 188 Å². The molecule has 0 bridgehead atoms. The molecule has 0 fully saturated rings. The molecule has 0 spiro atoms. The van der Waals surface area contributed by atoms with Crippen LogP contribution in [0.25, 0.3) is 0 Å². The fourth-order valence-electron chi connectivity index (χ4n) is 3.23. The Bertz CT molecular complexity index is 317. The zero-order valence-electron chi connectivity index (χ0n) is 21.4. The minimum absolute atomic E-state index is 0.882. The molecule has 0 aromatic carbocycles. The molecule has 0 aromatic heterocycles. The number of rotatable bonds is 18. The van der Waals surface area contributed by atoms with E-state index < -0.39 is 17.6 Å². The maximum absolute atomic E-state index is 5.36. The van der Waals surface area contributed by atoms with Crippen molar-refractivity contribution in [1.82, 2.24) is 9.80 Å². The van der Waals surface area contributed by atoms with E-state index in [9.17, 15) is 0 Å². The molecule has 184 valence electrons. The van der Waals surface area contributed by atoms with Crippen molar-refractivity contribution < 1.29 is 26.6 Å². The highest BCUT2D eigenvalue weighted by atomic mass is 28.4. The van der Waals surface area contributed by atoms with Crippen LogP contribution in [0.4, 0.5) is 0 Å². The molecule has 0 aromatic rings. The highest BCUT2D eigenvalue weighted by Gasteiger charge is 2.37. The fourth-order valence-corrected chi connectivity index (χ4v) is 6.64. The third-order valence-corrected chi connectivity index (χ3v) is 11.2. The molecule has 0 aliphatic rings. The summed E-state index contributed by atoms with van der Waals surface area (Å²) in [6.07, 6.45) is 2.12. The molecular weight excluding hydrogens is 420 g/mol. The van der Waals surface area contributed by atoms with Gasteiger partial charge in [-0.15, -0.1) is 0 Å². The van der Waals surface area contributed by atoms with Gasteiger partial charge in [-0.05, 0) is 52.1 Å². The monoisotopic (exact) mass is 470 g/mol. The zero-order valence-corrected chi connectivity index (χ0v) is 23.4. The second-order valence-electron chi connectivity index (χ2n) is 6.85. The molecule has 0 heterocycles. The van der Waals surface area contributed by atoms with Crippen LogP contribution in [0.2, 0.25) is 12.1 Å². The highest BCUT2D eigenvalue weighted by molar-refractivity contribution is 6.60. The van der Waals surface area contributed by atoms with E-state index in [1.807, 2.05) is 0 Å². The van der Waals surface area contributed by atoms with Gasteiger partial charge >= 0.3 is 17.6 Å². The van der Waals surface area contributed by atoms with E-state index in [4.69, 9.17) is 26.6 Å². The lowest BCUT2D eigenvalue weighted by atomic mass is 10.4. The summed E-state index contributed by atoms with van der Waals surface area (Å²) in [6, 6.07) is 1.76. The largest absolute Gasteiger partial charge is 0.500 e. The van der Waals surface area contributed by atoms with Crippen LogP contribution in [0.3, 0.4) is 0 Å². The summed E-state index contributed by atoms with van der Waals surface area (Å²) in [5, 5.41) is 0. The van der Waals surface area contributed by atoms with Crippen LogP contribution in [0.5, 0.6) is 0 Å². The van der Waals surface area contributed by atoms with Crippen LogP contribution in [-0.2, 0) is 26.6 Å². The first-order valence-electron chi connectivity index (χ1n) is 11.1. The van der Waals surface area contributed by atoms with Gasteiger partial charge in [-0.3, -0.25) is 0 Å². The van der Waals surface area contributed by atoms with Crippen molar-refractivity contribution in [2.24, 2.45) is 0 Å². The summed E-state index contributed by atoms with van der Waals surface area (Å²) in [5.74, 6) is 0. The van der Waals surface area contributed by atoms with Gasteiger partial charge in [0.2, 0.25) is 0 Å². The van der Waals surface area contributed by atoms with Crippen molar-refractivity contribution in [3.63, 3.8) is 0 Å². The van der Waals surface area contributed by atoms with Gasteiger partial charge in [0.25, 0.3) is 0 Å². The first kappa shape index (κ1) is 32.3. The van der Waals surface area contributed by atoms with E-state index in [-0.39, 0.29) is 0 Å². The normalized spacial score (nSPS) is 12.4. The lowest BCUT2D eigenvalue weighted by Crippen LogP contribution is -2.43. The van der Waals surface area contributed by atoms with Crippen LogP contribution in [-0.4, -0.2) is 109 Å². The molecule has 8 nitrogen and oxygen atoms in total. The van der Waals surface area contributed by atoms with Crippen molar-refractivity contribution >= 4 is 17.6 Å². The van der Waals surface area contributed by atoms with Gasteiger partial charge in [0.15, 0.2) is 0 Å². The molecule has 0 atom stereocenters. The van der Waals surface area contributed by atoms with Crippen molar-refractivity contribution in [1.29, 1.82) is 0 Å². The summed E-state index contributed by atoms with van der Waals surface area (Å²) in [5.41, 5.74) is 0. The van der Waals surface area contributed by atoms with Crippen molar-refractivity contribution in [2.75, 3.05) is 81.9 Å². The molecule has 0 radical (unpaired) electrons. The van der Waals surface area contributed by atoms with Gasteiger partial charge in [-0.1, -0.05) is 27.7 Å². The third kappa shape index (κ3) is 12.8. The molecule has 0 unspecified atom stereocenters. The van der Waals surface area contributed by atoms with Gasteiger partial charge in [0.05, 0.1) is 0 Å². The SMILES string of the molecule is CCN(CC)CCC[Si](OC)(OC)OC.CCN(CC)CCC[Si](OC)(OC)OC. The number of hydrogen-bond donors (Lipinski definition) is 0. The maximum atomic E-state index is 5.36. The predicted molar refractivity (Wildman–Crippen MR) is 128 cm³/mol. The molecule has 0 saturated heterocycles. The smallest absolute Gasteiger partial charge is 0.377 e. The Morgan fingerprint density at radius 2 is 0.700 bits per heavy atom. The highest BCUT2D eigenvalue weighted by Crippen LogP contribution is 2.16. The Kier molecular flexibility index (Phi) is 21.3. The summed E-state index contributed by atoms with van der Waals surface area (Å²) < 4.78 is 32.2. The van der Waals surface area contributed by atoms with Crippen LogP contribution < -0.4 is 0 Å². The summed E-state index contributed by atoms with van der Waals surface area (Å²) in [6.45, 7) is 15.3. The lowest BCUT2D eigenvalue weighted by Gasteiger charge is -2.25. The minimum atomic E-state index is -2.34. The topological polar surface area (TPSA) is 61.9 Å². The van der Waals surface area contributed by atoms with Gasteiger partial charge < -0.3 is 36.4 Å². The fraction of sp³-hybridized carbons (Fsp3) is 1.00. The van der Waals surface area contributed by atoms with E-state index >= 15 is 0 Å². The summed E-state index contributed by atoms with van der Waals surface area (Å²) in [4.78, 5) is 4.78. The van der Waals surface area contributed by atoms with Crippen LogP contribution in [0.1, 0.15) is 40.5 Å². The van der Waals surface area contributed by atoms with Crippen molar-refractivity contribution in [3.05, 3.63) is 0 Å². The Morgan fingerprint density at radius 3 is 0.867 bits per heavy atom. The molecule has 0 rings (SSSR count). The van der Waals surface area contributed by atoms with Crippen LogP contribution in [0, 0.1) is 0 Å². The van der Waals surface area contributed by atoms with E-state index in [1.54, 1.807) is 42.7 Å². The van der Waals surface area contributed by atoms with E-state index in [1.165, 1.54) is 0 Å². The summed E-state index contributed by atoms with van der Waals surface area (Å²) in [7, 11) is 5.31. The van der Waals surface area contributed by atoms with Gasteiger partial charge in [-0.2, -0.15) is 0 Å². The van der Waals surface area contributed by atoms with E-state index in [0.717, 1.165) is 64.2 Å². The van der Waals surface area contributed by atoms with Crippen LogP contribution >= 0.6 is 0 Å². The first-order valence-corrected chi connectivity index (χ1v) is 15.0. The van der Waals surface area contributed by atoms with Gasteiger partial charge in [0.1, 0.15) is 0 Å². The second-order valence-corrected chi connectivity index (χ2v) is 13.0. The van der Waals surface area contributed by atoms with E-state index in [0.29, 0.717) is 0 Å². The molecule has 0 aliphatic carbocycles. The zero-order chi connectivity index (χ0) is 23.5. The van der Waals surface area contributed by atoms with Gasteiger partial charge in [0, 0.05) is 54.7 Å². The second kappa shape index (κ2) is 19.8. The molecule has 0 amide bonds. The average molecular weight is 471 g/mol. The number of hydrogen-bond acceptors (Lipinski definition) is 8. The number of nitrogens with zero attached hydrogens (tertiary/aromatic N) is 2. The third-order valence-electron chi connectivity index (χ3n) is 5.57. The molecular formula is C20H50N2O6Si2. The van der Waals surface area contributed by atoms with E-state index in [2.05, 4.69) is 37.5 Å². The Hall–Kier alpha value is 0.114. The lowest BCUT2D eigenvalue weighted by molar-refractivity contribution is 0.121. The van der Waals surface area contributed by atoms with Crippen molar-refractivity contribution in [3.8, 4) is 0 Å². The predicted octanol–water partition coefficient (Wildman–Crippen LogP) is 3.19. The average Bonchev–Trinajstić information content (AvgIpc) is 2.81.